The first-order valence-electron chi connectivity index (χ1n) is 8.57. The average molecular weight is 360 g/mol. The maximum absolute atomic E-state index is 12.7. The molecular formula is C20H16N4O3. The molecule has 0 saturated heterocycles. The van der Waals surface area contributed by atoms with Gasteiger partial charge in [-0.25, -0.2) is 0 Å². The summed E-state index contributed by atoms with van der Waals surface area (Å²) in [5.74, 6) is 1.43. The smallest absolute Gasteiger partial charge is 0.274 e. The predicted molar refractivity (Wildman–Crippen MR) is 100 cm³/mol. The Labute approximate surface area is 154 Å². The van der Waals surface area contributed by atoms with E-state index in [1.807, 2.05) is 44.2 Å². The summed E-state index contributed by atoms with van der Waals surface area (Å²) in [6.45, 7) is 4.03. The number of hydrogen-bond donors (Lipinski definition) is 1. The van der Waals surface area contributed by atoms with E-state index in [0.29, 0.717) is 22.8 Å². The van der Waals surface area contributed by atoms with Crippen LogP contribution in [0.2, 0.25) is 0 Å². The molecule has 0 fully saturated rings. The van der Waals surface area contributed by atoms with Gasteiger partial charge in [0, 0.05) is 23.4 Å². The Morgan fingerprint density at radius 3 is 2.85 bits per heavy atom. The van der Waals surface area contributed by atoms with E-state index in [2.05, 4.69) is 15.1 Å². The van der Waals surface area contributed by atoms with E-state index in [9.17, 15) is 4.79 Å². The predicted octanol–water partition coefficient (Wildman–Crippen LogP) is 3.10. The second-order valence-corrected chi connectivity index (χ2v) is 6.43. The van der Waals surface area contributed by atoms with Gasteiger partial charge in [0.25, 0.3) is 5.56 Å². The number of ether oxygens (including phenoxy) is 2. The molecule has 0 spiro atoms. The van der Waals surface area contributed by atoms with Crippen LogP contribution in [-0.2, 0) is 0 Å². The van der Waals surface area contributed by atoms with Gasteiger partial charge in [0.15, 0.2) is 11.5 Å². The van der Waals surface area contributed by atoms with Crippen LogP contribution in [0, 0.1) is 13.8 Å². The van der Waals surface area contributed by atoms with E-state index in [0.717, 1.165) is 28.1 Å². The highest BCUT2D eigenvalue weighted by atomic mass is 16.7. The molecule has 0 saturated carbocycles. The molecule has 3 aromatic heterocycles. The van der Waals surface area contributed by atoms with Gasteiger partial charge in [0.05, 0.1) is 22.6 Å². The maximum Gasteiger partial charge on any atom is 0.274 e. The second-order valence-electron chi connectivity index (χ2n) is 6.43. The number of nitrogens with one attached hydrogen (secondary N) is 1. The number of fused-ring (bicyclic) bond motifs is 2. The Morgan fingerprint density at radius 2 is 2.04 bits per heavy atom. The zero-order chi connectivity index (χ0) is 18.5. The molecule has 0 aliphatic carbocycles. The number of H-pyrrole nitrogens is 1. The van der Waals surface area contributed by atoms with Crippen LogP contribution in [0.15, 0.2) is 47.4 Å². The summed E-state index contributed by atoms with van der Waals surface area (Å²) in [6.07, 6.45) is 1.72. The van der Waals surface area contributed by atoms with Crippen LogP contribution >= 0.6 is 0 Å². The average Bonchev–Trinajstić information content (AvgIpc) is 3.27. The van der Waals surface area contributed by atoms with Crippen LogP contribution in [0.1, 0.15) is 11.3 Å². The fourth-order valence-corrected chi connectivity index (χ4v) is 3.52. The monoisotopic (exact) mass is 360 g/mol. The van der Waals surface area contributed by atoms with Gasteiger partial charge in [-0.1, -0.05) is 6.07 Å². The van der Waals surface area contributed by atoms with Crippen molar-refractivity contribution >= 4 is 5.65 Å². The van der Waals surface area contributed by atoms with E-state index >= 15 is 0 Å². The molecule has 0 atom stereocenters. The van der Waals surface area contributed by atoms with Gasteiger partial charge in [0.1, 0.15) is 5.65 Å². The Morgan fingerprint density at radius 1 is 1.15 bits per heavy atom. The summed E-state index contributed by atoms with van der Waals surface area (Å²) < 4.78 is 12.4. The van der Waals surface area contributed by atoms with E-state index < -0.39 is 0 Å². The van der Waals surface area contributed by atoms with E-state index in [-0.39, 0.29) is 12.4 Å². The molecule has 1 N–H and O–H groups in total. The first-order valence-corrected chi connectivity index (χ1v) is 8.57. The number of aryl methyl sites for hydroxylation is 1. The Bertz CT molecular complexity index is 1240. The molecule has 1 aromatic carbocycles. The minimum Gasteiger partial charge on any atom is -0.454 e. The normalized spacial score (nSPS) is 12.7. The SMILES string of the molecule is Cc1nn2c(=O)cc(-c3ccc4c(c3C)OCO4)[nH]c2c1-c1ccccn1. The molecule has 7 nitrogen and oxygen atoms in total. The summed E-state index contributed by atoms with van der Waals surface area (Å²) in [6, 6.07) is 11.0. The van der Waals surface area contributed by atoms with Crippen molar-refractivity contribution in [3.8, 4) is 34.0 Å². The highest BCUT2D eigenvalue weighted by Crippen LogP contribution is 2.40. The molecule has 7 heteroatoms. The number of aromatic nitrogens is 4. The Balaban J connectivity index is 1.78. The standard InChI is InChI=1S/C20H16N4O3/c1-11-13(6-7-16-19(11)27-10-26-16)15-9-17(25)24-20(22-15)18(12(2)23-24)14-5-3-4-8-21-14/h3-9,22H,10H2,1-2H3. The van der Waals surface area contributed by atoms with Crippen LogP contribution in [0.3, 0.4) is 0 Å². The van der Waals surface area contributed by atoms with Crippen molar-refractivity contribution in [3.63, 3.8) is 0 Å². The molecule has 4 heterocycles. The van der Waals surface area contributed by atoms with Crippen molar-refractivity contribution in [2.24, 2.45) is 0 Å². The third kappa shape index (κ3) is 2.32. The summed E-state index contributed by atoms with van der Waals surface area (Å²) in [5.41, 5.74) is 5.22. The van der Waals surface area contributed by atoms with Crippen LogP contribution in [0.4, 0.5) is 0 Å². The molecule has 5 rings (SSSR count). The number of hydrogen-bond acceptors (Lipinski definition) is 5. The van der Waals surface area contributed by atoms with Gasteiger partial charge in [-0.2, -0.15) is 9.61 Å². The Kier molecular flexibility index (Phi) is 3.30. The first kappa shape index (κ1) is 15.6. The number of aromatic amines is 1. The van der Waals surface area contributed by atoms with Gasteiger partial charge < -0.3 is 14.5 Å². The molecule has 0 radical (unpaired) electrons. The van der Waals surface area contributed by atoms with E-state index in [1.54, 1.807) is 12.3 Å². The van der Waals surface area contributed by atoms with Crippen molar-refractivity contribution < 1.29 is 9.47 Å². The third-order valence-electron chi connectivity index (χ3n) is 4.79. The fourth-order valence-electron chi connectivity index (χ4n) is 3.52. The zero-order valence-electron chi connectivity index (χ0n) is 14.8. The molecule has 134 valence electrons. The molecule has 4 aromatic rings. The summed E-state index contributed by atoms with van der Waals surface area (Å²) in [4.78, 5) is 20.5. The number of rotatable bonds is 2. The minimum absolute atomic E-state index is 0.207. The van der Waals surface area contributed by atoms with Gasteiger partial charge in [-0.3, -0.25) is 9.78 Å². The van der Waals surface area contributed by atoms with Crippen molar-refractivity contribution in [1.29, 1.82) is 0 Å². The molecule has 1 aliphatic rings. The Hall–Kier alpha value is -3.61. The lowest BCUT2D eigenvalue weighted by atomic mass is 10.0. The van der Waals surface area contributed by atoms with Gasteiger partial charge in [-0.05, 0) is 38.1 Å². The van der Waals surface area contributed by atoms with Gasteiger partial charge >= 0.3 is 0 Å². The summed E-state index contributed by atoms with van der Waals surface area (Å²) in [7, 11) is 0. The topological polar surface area (TPSA) is 81.5 Å². The molecule has 0 unspecified atom stereocenters. The molecule has 0 amide bonds. The lowest BCUT2D eigenvalue weighted by Gasteiger charge is -2.10. The van der Waals surface area contributed by atoms with Crippen molar-refractivity contribution in [2.75, 3.05) is 6.79 Å². The van der Waals surface area contributed by atoms with Crippen molar-refractivity contribution in [1.82, 2.24) is 19.6 Å². The quantitative estimate of drug-likeness (QED) is 0.594. The molecule has 27 heavy (non-hydrogen) atoms. The zero-order valence-corrected chi connectivity index (χ0v) is 14.8. The molecule has 1 aliphatic heterocycles. The largest absolute Gasteiger partial charge is 0.454 e. The van der Waals surface area contributed by atoms with Gasteiger partial charge in [0.2, 0.25) is 6.79 Å². The molecular weight excluding hydrogens is 344 g/mol. The highest BCUT2D eigenvalue weighted by molar-refractivity contribution is 5.79. The first-order chi connectivity index (χ1) is 13.1. The van der Waals surface area contributed by atoms with Crippen molar-refractivity contribution in [2.45, 2.75) is 13.8 Å². The van der Waals surface area contributed by atoms with E-state index in [1.165, 1.54) is 4.52 Å². The number of benzene rings is 1. The van der Waals surface area contributed by atoms with Crippen LogP contribution < -0.4 is 15.0 Å². The number of nitrogens with zero attached hydrogens (tertiary/aromatic N) is 3. The number of pyridine rings is 1. The van der Waals surface area contributed by atoms with Gasteiger partial charge in [-0.15, -0.1) is 0 Å². The highest BCUT2D eigenvalue weighted by Gasteiger charge is 2.21. The minimum atomic E-state index is -0.207. The third-order valence-corrected chi connectivity index (χ3v) is 4.79. The van der Waals surface area contributed by atoms with E-state index in [4.69, 9.17) is 9.47 Å². The lowest BCUT2D eigenvalue weighted by molar-refractivity contribution is 0.173. The second kappa shape index (κ2) is 5.70. The summed E-state index contributed by atoms with van der Waals surface area (Å²) in [5, 5.41) is 4.39. The van der Waals surface area contributed by atoms with Crippen molar-refractivity contribution in [3.05, 3.63) is 64.2 Å². The van der Waals surface area contributed by atoms with Crippen LogP contribution in [0.25, 0.3) is 28.2 Å². The maximum atomic E-state index is 12.7. The lowest BCUT2D eigenvalue weighted by Crippen LogP contribution is -2.14. The molecule has 0 bridgehead atoms. The summed E-state index contributed by atoms with van der Waals surface area (Å²) >= 11 is 0. The van der Waals surface area contributed by atoms with Crippen LogP contribution in [0.5, 0.6) is 11.5 Å². The fraction of sp³-hybridized carbons (Fsp3) is 0.150. The van der Waals surface area contributed by atoms with Crippen LogP contribution in [-0.4, -0.2) is 26.4 Å².